The van der Waals surface area contributed by atoms with Crippen molar-refractivity contribution in [2.24, 2.45) is 40.9 Å². The summed E-state index contributed by atoms with van der Waals surface area (Å²) in [5.41, 5.74) is -0.277. The number of nitrogens with zero attached hydrogens (tertiary/aromatic N) is 1. The van der Waals surface area contributed by atoms with E-state index in [0.29, 0.717) is 69.8 Å². The molecule has 0 radical (unpaired) electrons. The topological polar surface area (TPSA) is 242 Å². The normalized spacial score (nSPS) is 36.3. The molecule has 17 nitrogen and oxygen atoms in total. The van der Waals surface area contributed by atoms with Crippen molar-refractivity contribution in [3.05, 3.63) is 47.6 Å². The lowest BCUT2D eigenvalue weighted by atomic mass is 9.78. The second-order valence-corrected chi connectivity index (χ2v) is 21.8. The van der Waals surface area contributed by atoms with Crippen LogP contribution in [0.3, 0.4) is 0 Å². The van der Waals surface area contributed by atoms with E-state index in [1.165, 1.54) is 21.1 Å². The lowest BCUT2D eigenvalue weighted by Crippen LogP contribution is -2.61. The summed E-state index contributed by atoms with van der Waals surface area (Å²) >= 11 is 0. The fourth-order valence-electron chi connectivity index (χ4n) is 10.7. The molecule has 1 aliphatic carbocycles. The fraction of sp³-hybridized carbons (Fsp3) is 0.750. The van der Waals surface area contributed by atoms with E-state index >= 15 is 0 Å². The molecule has 4 rings (SSSR count). The Morgan fingerprint density at radius 2 is 1.56 bits per heavy atom. The summed E-state index contributed by atoms with van der Waals surface area (Å²) in [6.07, 6.45) is 9.76. The number of carbonyl (C=O) groups excluding carboxylic acids is 6. The van der Waals surface area contributed by atoms with Crippen molar-refractivity contribution in [1.29, 1.82) is 0 Å². The highest BCUT2D eigenvalue weighted by Gasteiger charge is 2.53. The number of aliphatic hydroxyl groups is 4. The van der Waals surface area contributed by atoms with Crippen LogP contribution >= 0.6 is 0 Å². The monoisotopic (exact) mass is 1030 g/mol. The van der Waals surface area contributed by atoms with Gasteiger partial charge in [-0.1, -0.05) is 71.1 Å². The average Bonchev–Trinajstić information content (AvgIpc) is 3.37. The Labute approximate surface area is 433 Å². The molecule has 2 saturated heterocycles. The van der Waals surface area contributed by atoms with Crippen LogP contribution < -0.4 is 0 Å². The number of fused-ring (bicyclic) bond motifs is 3. The van der Waals surface area contributed by atoms with Gasteiger partial charge in [-0.2, -0.15) is 0 Å². The first kappa shape index (κ1) is 61.6. The number of aliphatic hydroxyl groups excluding tert-OH is 3. The Balaban J connectivity index is 1.69. The molecule has 3 heterocycles. The maximum atomic E-state index is 14.5. The summed E-state index contributed by atoms with van der Waals surface area (Å²) in [6, 6.07) is -1.20. The zero-order chi connectivity index (χ0) is 54.4. The predicted octanol–water partition coefficient (Wildman–Crippen LogP) is 5.72. The molecule has 4 N–H and O–H groups in total. The van der Waals surface area contributed by atoms with Crippen molar-refractivity contribution in [1.82, 2.24) is 4.90 Å². The van der Waals surface area contributed by atoms with Gasteiger partial charge in [0.1, 0.15) is 41.7 Å². The van der Waals surface area contributed by atoms with Crippen LogP contribution in [0, 0.1) is 40.9 Å². The standard InChI is InChI=1S/C56H87NO16/c1-33-17-13-12-14-18-34(2)45(68-9)29-41-22-20-39(7)56(67,73-41)51(63)52(64)57-24-16-15-19-42(57)53(65)71-46(30-43(60)35(3)26-38(6)49(62)50(70-11)48(61)37(5)25-33)36(4)27-40-21-23-44(47(28-40)69-10)72-54(66)55(8,31-58)32-59/h12-14,17-18,26,33,35-37,39-42,44-47,49-50,58-59,62,67H,15-16,19-25,27-32H2,1-11H3/b14-12?,17-13+,34-18?,38-26+/t33-,35-,36-,37-,39-,40+,41-,42+,44+,45+,46+,47-,49-,50+,56-/m1/s1. The van der Waals surface area contributed by atoms with Crippen LogP contribution in [-0.4, -0.2) is 156 Å². The molecule has 1 saturated carbocycles. The minimum atomic E-state index is -2.47. The summed E-state index contributed by atoms with van der Waals surface area (Å²) in [6.45, 7) is 12.7. The molecule has 3 fully saturated rings. The van der Waals surface area contributed by atoms with Crippen molar-refractivity contribution < 1.29 is 77.6 Å². The molecule has 0 unspecified atom stereocenters. The molecule has 0 aromatic heterocycles. The molecule has 15 atom stereocenters. The maximum absolute atomic E-state index is 14.5. The second kappa shape index (κ2) is 28.3. The van der Waals surface area contributed by atoms with Crippen LogP contribution in [0.2, 0.25) is 0 Å². The SMILES string of the molecule is CO[C@H]1C[C@H]2CC[C@@H](C)[C@@](O)(O2)C(=O)C(=O)N2CCCC[C@H]2C(=O)O[C@H]([C@H](C)C[C@@H]2CC[C@H](OC(=O)C(C)(CO)CO)[C@H](OC)C2)CC(=O)[C@H](C)/C=C(\C)[C@@H](O)[C@@H](OC)C(=O)[C@H](C)C[C@H](C)/C=C/C=CC=C1C. The van der Waals surface area contributed by atoms with E-state index in [2.05, 4.69) is 0 Å². The van der Waals surface area contributed by atoms with Gasteiger partial charge in [0.15, 0.2) is 5.78 Å². The quantitative estimate of drug-likeness (QED) is 0.116. The third-order valence-electron chi connectivity index (χ3n) is 15.9. The van der Waals surface area contributed by atoms with Crippen LogP contribution in [0.1, 0.15) is 132 Å². The van der Waals surface area contributed by atoms with Crippen LogP contribution in [0.25, 0.3) is 0 Å². The predicted molar refractivity (Wildman–Crippen MR) is 271 cm³/mol. The van der Waals surface area contributed by atoms with Gasteiger partial charge in [-0.15, -0.1) is 0 Å². The van der Waals surface area contributed by atoms with Crippen molar-refractivity contribution in [3.8, 4) is 0 Å². The van der Waals surface area contributed by atoms with Crippen molar-refractivity contribution >= 4 is 35.2 Å². The zero-order valence-electron chi connectivity index (χ0n) is 45.3. The number of allylic oxidation sites excluding steroid dienone is 6. The number of piperidine rings is 1. The molecule has 412 valence electrons. The number of methoxy groups -OCH3 is 3. The van der Waals surface area contributed by atoms with E-state index in [1.807, 2.05) is 51.2 Å². The molecule has 2 bridgehead atoms. The van der Waals surface area contributed by atoms with E-state index in [1.54, 1.807) is 40.9 Å². The summed E-state index contributed by atoms with van der Waals surface area (Å²) in [7, 11) is 4.43. The highest BCUT2D eigenvalue weighted by molar-refractivity contribution is 6.39. The average molecular weight is 1030 g/mol. The lowest BCUT2D eigenvalue weighted by Gasteiger charge is -2.42. The summed E-state index contributed by atoms with van der Waals surface area (Å²) in [5.74, 6) is -9.36. The first-order valence-electron chi connectivity index (χ1n) is 26.4. The van der Waals surface area contributed by atoms with Gasteiger partial charge in [-0.25, -0.2) is 4.79 Å². The number of Topliss-reactive ketones (excluding diaryl/α,β-unsaturated/α-hetero) is 3. The van der Waals surface area contributed by atoms with Crippen LogP contribution in [-0.2, 0) is 57.2 Å². The molecule has 1 amide bonds. The first-order chi connectivity index (χ1) is 34.5. The zero-order valence-corrected chi connectivity index (χ0v) is 45.3. The van der Waals surface area contributed by atoms with Gasteiger partial charge in [-0.3, -0.25) is 24.0 Å². The molecular weight excluding hydrogens is 943 g/mol. The van der Waals surface area contributed by atoms with Gasteiger partial charge in [0, 0.05) is 58.5 Å². The van der Waals surface area contributed by atoms with E-state index in [9.17, 15) is 49.2 Å². The van der Waals surface area contributed by atoms with Crippen molar-refractivity contribution in [2.75, 3.05) is 41.1 Å². The Kier molecular flexibility index (Phi) is 23.9. The molecule has 4 aliphatic rings. The van der Waals surface area contributed by atoms with E-state index in [0.717, 1.165) is 10.5 Å². The molecule has 3 aliphatic heterocycles. The Bertz CT molecular complexity index is 2010. The summed E-state index contributed by atoms with van der Waals surface area (Å²) in [5, 5.41) is 43.1. The third kappa shape index (κ3) is 16.0. The Hall–Kier alpha value is -3.94. The lowest BCUT2D eigenvalue weighted by molar-refractivity contribution is -0.265. The number of ketones is 3. The van der Waals surface area contributed by atoms with Crippen molar-refractivity contribution in [2.45, 2.75) is 187 Å². The minimum absolute atomic E-state index is 0.00697. The number of carbonyl (C=O) groups is 6. The third-order valence-corrected chi connectivity index (χ3v) is 15.9. The van der Waals surface area contributed by atoms with Gasteiger partial charge >= 0.3 is 11.9 Å². The van der Waals surface area contributed by atoms with Crippen molar-refractivity contribution in [3.63, 3.8) is 0 Å². The number of hydrogen-bond donors (Lipinski definition) is 4. The largest absolute Gasteiger partial charge is 0.460 e. The number of amides is 1. The van der Waals surface area contributed by atoms with Gasteiger partial charge in [-0.05, 0) is 114 Å². The summed E-state index contributed by atoms with van der Waals surface area (Å²) in [4.78, 5) is 85.4. The van der Waals surface area contributed by atoms with Gasteiger partial charge < -0.3 is 53.7 Å². The molecule has 0 aromatic carbocycles. The minimum Gasteiger partial charge on any atom is -0.460 e. The number of esters is 2. The highest BCUT2D eigenvalue weighted by atomic mass is 16.6. The number of hydrogen-bond acceptors (Lipinski definition) is 16. The Morgan fingerprint density at radius 1 is 0.863 bits per heavy atom. The molecule has 0 spiro atoms. The maximum Gasteiger partial charge on any atom is 0.329 e. The molecule has 17 heteroatoms. The van der Waals surface area contributed by atoms with Crippen LogP contribution in [0.15, 0.2) is 47.6 Å². The van der Waals surface area contributed by atoms with Gasteiger partial charge in [0.25, 0.3) is 11.7 Å². The Morgan fingerprint density at radius 3 is 2.21 bits per heavy atom. The number of rotatable bonds is 10. The fourth-order valence-corrected chi connectivity index (χ4v) is 10.7. The smallest absolute Gasteiger partial charge is 0.329 e. The van der Waals surface area contributed by atoms with E-state index in [4.69, 9.17) is 28.4 Å². The van der Waals surface area contributed by atoms with E-state index < -0.39 is 120 Å². The second-order valence-electron chi connectivity index (χ2n) is 21.8. The molecule has 0 aromatic rings. The van der Waals surface area contributed by atoms with Gasteiger partial charge in [0.05, 0.1) is 31.5 Å². The molecular formula is C56H87NO16. The summed E-state index contributed by atoms with van der Waals surface area (Å²) < 4.78 is 35.4. The molecule has 73 heavy (non-hydrogen) atoms. The van der Waals surface area contributed by atoms with E-state index in [-0.39, 0.29) is 42.8 Å². The van der Waals surface area contributed by atoms with Gasteiger partial charge in [0.2, 0.25) is 5.79 Å². The number of cyclic esters (lactones) is 1. The van der Waals surface area contributed by atoms with Crippen LogP contribution in [0.4, 0.5) is 0 Å². The highest BCUT2D eigenvalue weighted by Crippen LogP contribution is 2.38. The number of ether oxygens (including phenoxy) is 6. The first-order valence-corrected chi connectivity index (χ1v) is 26.4. The van der Waals surface area contributed by atoms with Crippen LogP contribution in [0.5, 0.6) is 0 Å².